The molecule has 0 radical (unpaired) electrons. The first-order valence-corrected chi connectivity index (χ1v) is 5.80. The third-order valence-corrected chi connectivity index (χ3v) is 2.35. The van der Waals surface area contributed by atoms with Crippen molar-refractivity contribution >= 4 is 18.0 Å². The van der Waals surface area contributed by atoms with Gasteiger partial charge in [-0.1, -0.05) is 19.8 Å². The van der Waals surface area contributed by atoms with E-state index in [1.54, 1.807) is 0 Å². The van der Waals surface area contributed by atoms with Crippen LogP contribution in [0.4, 0.5) is 4.79 Å². The molecule has 7 heteroatoms. The summed E-state index contributed by atoms with van der Waals surface area (Å²) >= 11 is 0. The van der Waals surface area contributed by atoms with Gasteiger partial charge in [-0.3, -0.25) is 0 Å². The summed E-state index contributed by atoms with van der Waals surface area (Å²) in [6, 6.07) is -2.47. The molecule has 0 aliphatic heterocycles. The molecule has 0 aromatic carbocycles. The molecule has 18 heavy (non-hydrogen) atoms. The molecule has 0 saturated heterocycles. The molecule has 2 amide bonds. The highest BCUT2D eigenvalue weighted by Crippen LogP contribution is 2.00. The molecule has 2 atom stereocenters. The van der Waals surface area contributed by atoms with E-state index in [1.165, 1.54) is 14.0 Å². The zero-order valence-electron chi connectivity index (χ0n) is 10.9. The number of methoxy groups -OCH3 is 1. The van der Waals surface area contributed by atoms with Gasteiger partial charge >= 0.3 is 18.0 Å². The van der Waals surface area contributed by atoms with E-state index in [-0.39, 0.29) is 0 Å². The van der Waals surface area contributed by atoms with Crippen LogP contribution in [-0.2, 0) is 14.3 Å². The van der Waals surface area contributed by atoms with E-state index < -0.39 is 30.1 Å². The Morgan fingerprint density at radius 2 is 1.89 bits per heavy atom. The van der Waals surface area contributed by atoms with Crippen LogP contribution in [-0.4, -0.2) is 42.3 Å². The number of rotatable bonds is 7. The number of carboxylic acid groups (broad SMARTS) is 1. The van der Waals surface area contributed by atoms with Crippen LogP contribution >= 0.6 is 0 Å². The van der Waals surface area contributed by atoms with Gasteiger partial charge in [-0.15, -0.1) is 0 Å². The Hall–Kier alpha value is -1.79. The van der Waals surface area contributed by atoms with Gasteiger partial charge in [0, 0.05) is 0 Å². The smallest absolute Gasteiger partial charge is 0.328 e. The number of aliphatic carboxylic acids is 1. The summed E-state index contributed by atoms with van der Waals surface area (Å²) in [6.45, 7) is 3.38. The van der Waals surface area contributed by atoms with Gasteiger partial charge in [-0.2, -0.15) is 0 Å². The second-order valence-corrected chi connectivity index (χ2v) is 3.90. The fraction of sp³-hybridized carbons (Fsp3) is 0.727. The molecular formula is C11H20N2O5. The number of carboxylic acids is 1. The van der Waals surface area contributed by atoms with Gasteiger partial charge in [0.15, 0.2) is 0 Å². The fourth-order valence-electron chi connectivity index (χ4n) is 1.30. The number of carbonyl (C=O) groups excluding carboxylic acids is 2. The maximum Gasteiger partial charge on any atom is 0.328 e. The molecule has 0 aliphatic rings. The normalized spacial score (nSPS) is 13.3. The zero-order chi connectivity index (χ0) is 14.1. The van der Waals surface area contributed by atoms with Crippen LogP contribution in [0.5, 0.6) is 0 Å². The van der Waals surface area contributed by atoms with Crippen molar-refractivity contribution in [2.24, 2.45) is 0 Å². The minimum Gasteiger partial charge on any atom is -0.480 e. The highest BCUT2D eigenvalue weighted by atomic mass is 16.5. The van der Waals surface area contributed by atoms with Crippen LogP contribution in [0.25, 0.3) is 0 Å². The van der Waals surface area contributed by atoms with Crippen molar-refractivity contribution in [2.45, 2.75) is 45.2 Å². The van der Waals surface area contributed by atoms with E-state index in [2.05, 4.69) is 15.4 Å². The van der Waals surface area contributed by atoms with Crippen LogP contribution in [0.15, 0.2) is 0 Å². The maximum atomic E-state index is 11.5. The Morgan fingerprint density at radius 1 is 1.28 bits per heavy atom. The van der Waals surface area contributed by atoms with Crippen molar-refractivity contribution in [3.8, 4) is 0 Å². The van der Waals surface area contributed by atoms with Gasteiger partial charge in [0.05, 0.1) is 7.11 Å². The number of ether oxygens (including phenoxy) is 1. The third kappa shape index (κ3) is 6.07. The van der Waals surface area contributed by atoms with Crippen molar-refractivity contribution in [3.63, 3.8) is 0 Å². The number of amides is 2. The maximum absolute atomic E-state index is 11.5. The van der Waals surface area contributed by atoms with E-state index in [4.69, 9.17) is 5.11 Å². The van der Waals surface area contributed by atoms with Crippen molar-refractivity contribution < 1.29 is 24.2 Å². The third-order valence-electron chi connectivity index (χ3n) is 2.35. The van der Waals surface area contributed by atoms with Crippen LogP contribution in [0.3, 0.4) is 0 Å². The number of unbranched alkanes of at least 4 members (excludes halogenated alkanes) is 1. The number of esters is 1. The second-order valence-electron chi connectivity index (χ2n) is 3.90. The molecule has 0 aromatic rings. The average Bonchev–Trinajstić information content (AvgIpc) is 2.32. The molecule has 0 rings (SSSR count). The highest BCUT2D eigenvalue weighted by molar-refractivity contribution is 5.86. The lowest BCUT2D eigenvalue weighted by Crippen LogP contribution is -2.50. The molecule has 0 heterocycles. The fourth-order valence-corrected chi connectivity index (χ4v) is 1.30. The first kappa shape index (κ1) is 16.2. The minimum absolute atomic E-state index is 0.353. The molecule has 2 unspecified atom stereocenters. The molecule has 0 spiro atoms. The lowest BCUT2D eigenvalue weighted by Gasteiger charge is -2.17. The van der Waals surface area contributed by atoms with Crippen LogP contribution in [0.1, 0.15) is 33.1 Å². The van der Waals surface area contributed by atoms with Crippen LogP contribution < -0.4 is 10.6 Å². The van der Waals surface area contributed by atoms with E-state index >= 15 is 0 Å². The molecule has 104 valence electrons. The van der Waals surface area contributed by atoms with Crippen molar-refractivity contribution in [2.75, 3.05) is 7.11 Å². The predicted molar refractivity (Wildman–Crippen MR) is 64.1 cm³/mol. The molecule has 0 saturated carbocycles. The molecule has 0 aliphatic carbocycles. The molecule has 3 N–H and O–H groups in total. The topological polar surface area (TPSA) is 105 Å². The van der Waals surface area contributed by atoms with Gasteiger partial charge < -0.3 is 20.5 Å². The average molecular weight is 260 g/mol. The van der Waals surface area contributed by atoms with Gasteiger partial charge in [0.2, 0.25) is 0 Å². The number of urea groups is 1. The number of carbonyl (C=O) groups is 3. The molecule has 7 nitrogen and oxygen atoms in total. The lowest BCUT2D eigenvalue weighted by atomic mass is 10.1. The van der Waals surface area contributed by atoms with Gasteiger partial charge in [0.25, 0.3) is 0 Å². The van der Waals surface area contributed by atoms with Crippen molar-refractivity contribution in [1.29, 1.82) is 0 Å². The van der Waals surface area contributed by atoms with E-state index in [0.29, 0.717) is 12.8 Å². The second kappa shape index (κ2) is 8.32. The van der Waals surface area contributed by atoms with Crippen LogP contribution in [0.2, 0.25) is 0 Å². The van der Waals surface area contributed by atoms with E-state index in [1.807, 2.05) is 6.92 Å². The molecule has 0 fully saturated rings. The molecular weight excluding hydrogens is 240 g/mol. The highest BCUT2D eigenvalue weighted by Gasteiger charge is 2.21. The van der Waals surface area contributed by atoms with Crippen LogP contribution in [0, 0.1) is 0 Å². The molecule has 0 bridgehead atoms. The summed E-state index contributed by atoms with van der Waals surface area (Å²) in [4.78, 5) is 33.4. The van der Waals surface area contributed by atoms with Crippen molar-refractivity contribution in [1.82, 2.24) is 10.6 Å². The summed E-state index contributed by atoms with van der Waals surface area (Å²) < 4.78 is 4.43. The Bertz CT molecular complexity index is 306. The standard InChI is InChI=1S/C11H20N2O5/c1-4-5-6-8(9(14)15)13-11(17)12-7(2)10(16)18-3/h7-8H,4-6H2,1-3H3,(H,14,15)(H2,12,13,17). The number of hydrogen-bond donors (Lipinski definition) is 3. The van der Waals surface area contributed by atoms with Gasteiger partial charge in [-0.05, 0) is 13.3 Å². The Morgan fingerprint density at radius 3 is 2.33 bits per heavy atom. The minimum atomic E-state index is -1.09. The zero-order valence-corrected chi connectivity index (χ0v) is 10.9. The summed E-state index contributed by atoms with van der Waals surface area (Å²) in [5.74, 6) is -1.69. The number of hydrogen-bond acceptors (Lipinski definition) is 4. The SMILES string of the molecule is CCCCC(NC(=O)NC(C)C(=O)OC)C(=O)O. The Balaban J connectivity index is 4.25. The Kier molecular flexibility index (Phi) is 7.50. The van der Waals surface area contributed by atoms with E-state index in [0.717, 1.165) is 6.42 Å². The van der Waals surface area contributed by atoms with Gasteiger partial charge in [-0.25, -0.2) is 14.4 Å². The molecule has 0 aromatic heterocycles. The quantitative estimate of drug-likeness (QED) is 0.578. The summed E-state index contributed by atoms with van der Waals surface area (Å²) in [5.41, 5.74) is 0. The monoisotopic (exact) mass is 260 g/mol. The predicted octanol–water partition coefficient (Wildman–Crippen LogP) is 0.491. The first-order valence-electron chi connectivity index (χ1n) is 5.80. The number of nitrogens with one attached hydrogen (secondary N) is 2. The van der Waals surface area contributed by atoms with Gasteiger partial charge in [0.1, 0.15) is 12.1 Å². The Labute approximate surface area is 106 Å². The summed E-state index contributed by atoms with van der Waals surface area (Å²) in [6.07, 6.45) is 1.89. The largest absolute Gasteiger partial charge is 0.480 e. The first-order chi connectivity index (χ1) is 8.42. The van der Waals surface area contributed by atoms with Crippen molar-refractivity contribution in [3.05, 3.63) is 0 Å². The lowest BCUT2D eigenvalue weighted by molar-refractivity contribution is -0.142. The summed E-state index contributed by atoms with van der Waals surface area (Å²) in [5, 5.41) is 13.5. The van der Waals surface area contributed by atoms with E-state index in [9.17, 15) is 14.4 Å². The summed E-state index contributed by atoms with van der Waals surface area (Å²) in [7, 11) is 1.21.